The highest BCUT2D eigenvalue weighted by atomic mass is 15.3. The summed E-state index contributed by atoms with van der Waals surface area (Å²) >= 11 is 0. The number of likely N-dealkylation sites (tertiary alicyclic amines) is 1. The van der Waals surface area contributed by atoms with Gasteiger partial charge < -0.3 is 10.2 Å². The Bertz CT molecular complexity index is 400. The normalized spacial score (nSPS) is 23.0. The van der Waals surface area contributed by atoms with Gasteiger partial charge in [0.1, 0.15) is 5.82 Å². The van der Waals surface area contributed by atoms with Crippen LogP contribution < -0.4 is 5.32 Å². The Labute approximate surface area is 109 Å². The summed E-state index contributed by atoms with van der Waals surface area (Å²) in [5.74, 6) is 1.93. The molecule has 0 bridgehead atoms. The maximum Gasteiger partial charge on any atom is 0.124 e. The fourth-order valence-corrected chi connectivity index (χ4v) is 2.89. The molecular formula is C14H24N4. The van der Waals surface area contributed by atoms with Crippen LogP contribution in [-0.4, -0.2) is 40.9 Å². The van der Waals surface area contributed by atoms with Crippen LogP contribution >= 0.6 is 0 Å². The average Bonchev–Trinajstić information content (AvgIpc) is 2.61. The van der Waals surface area contributed by atoms with Crippen LogP contribution in [0.25, 0.3) is 0 Å². The molecule has 4 heteroatoms. The van der Waals surface area contributed by atoms with Gasteiger partial charge in [-0.05, 0) is 45.8 Å². The molecule has 1 aromatic rings. The molecule has 1 saturated heterocycles. The van der Waals surface area contributed by atoms with E-state index in [-0.39, 0.29) is 0 Å². The van der Waals surface area contributed by atoms with Crippen LogP contribution in [0.2, 0.25) is 0 Å². The third-order valence-corrected chi connectivity index (χ3v) is 4.49. The first kappa shape index (κ1) is 12.0. The minimum atomic E-state index is 0.617. The highest BCUT2D eigenvalue weighted by molar-refractivity contribution is 5.39. The van der Waals surface area contributed by atoms with Gasteiger partial charge in [0.15, 0.2) is 0 Å². The van der Waals surface area contributed by atoms with Gasteiger partial charge in [0.05, 0.1) is 5.69 Å². The molecule has 1 aliphatic heterocycles. The van der Waals surface area contributed by atoms with Crippen LogP contribution in [0.15, 0.2) is 6.07 Å². The van der Waals surface area contributed by atoms with Crippen LogP contribution in [-0.2, 0) is 7.05 Å². The van der Waals surface area contributed by atoms with Gasteiger partial charge in [-0.15, -0.1) is 0 Å². The van der Waals surface area contributed by atoms with Crippen molar-refractivity contribution in [2.75, 3.05) is 25.5 Å². The van der Waals surface area contributed by atoms with Gasteiger partial charge in [0.2, 0.25) is 0 Å². The van der Waals surface area contributed by atoms with Gasteiger partial charge in [-0.3, -0.25) is 4.68 Å². The number of hydrogen-bond acceptors (Lipinski definition) is 3. The number of nitrogens with zero attached hydrogens (tertiary/aromatic N) is 3. The lowest BCUT2D eigenvalue weighted by atomic mass is 9.83. The molecule has 0 aromatic carbocycles. The molecule has 18 heavy (non-hydrogen) atoms. The van der Waals surface area contributed by atoms with E-state index < -0.39 is 0 Å². The summed E-state index contributed by atoms with van der Waals surface area (Å²) in [5.41, 5.74) is 1.29. The molecule has 1 aliphatic carbocycles. The van der Waals surface area contributed by atoms with Crippen LogP contribution in [0.1, 0.15) is 43.7 Å². The van der Waals surface area contributed by atoms with Crippen molar-refractivity contribution in [1.29, 1.82) is 0 Å². The van der Waals surface area contributed by atoms with E-state index in [4.69, 9.17) is 0 Å². The Morgan fingerprint density at radius 2 is 1.89 bits per heavy atom. The fourth-order valence-electron chi connectivity index (χ4n) is 2.89. The third kappa shape index (κ3) is 2.39. The Morgan fingerprint density at radius 1 is 1.17 bits per heavy atom. The van der Waals surface area contributed by atoms with Crippen molar-refractivity contribution in [1.82, 2.24) is 14.7 Å². The molecule has 0 radical (unpaired) electrons. The first-order valence-corrected chi connectivity index (χ1v) is 7.21. The van der Waals surface area contributed by atoms with E-state index >= 15 is 0 Å². The van der Waals surface area contributed by atoms with E-state index in [1.807, 2.05) is 4.68 Å². The lowest BCUT2D eigenvalue weighted by Gasteiger charge is -2.29. The van der Waals surface area contributed by atoms with E-state index in [0.717, 1.165) is 5.92 Å². The smallest absolute Gasteiger partial charge is 0.124 e. The minimum Gasteiger partial charge on any atom is -0.367 e. The molecule has 0 amide bonds. The first-order valence-electron chi connectivity index (χ1n) is 7.21. The van der Waals surface area contributed by atoms with Gasteiger partial charge in [-0.2, -0.15) is 5.10 Å². The topological polar surface area (TPSA) is 33.1 Å². The number of aromatic nitrogens is 2. The second-order valence-electron chi connectivity index (χ2n) is 5.93. The number of anilines is 1. The molecule has 0 unspecified atom stereocenters. The van der Waals surface area contributed by atoms with Gasteiger partial charge in [-0.1, -0.05) is 6.42 Å². The highest BCUT2D eigenvalue weighted by Gasteiger charge is 2.24. The fraction of sp³-hybridized carbons (Fsp3) is 0.786. The van der Waals surface area contributed by atoms with E-state index in [2.05, 4.69) is 35.5 Å². The molecule has 1 saturated carbocycles. The Balaban J connectivity index is 1.63. The van der Waals surface area contributed by atoms with Crippen molar-refractivity contribution in [3.05, 3.63) is 11.8 Å². The van der Waals surface area contributed by atoms with Crippen molar-refractivity contribution < 1.29 is 0 Å². The monoisotopic (exact) mass is 248 g/mol. The molecule has 1 aromatic heterocycles. The number of rotatable bonds is 3. The molecule has 4 nitrogen and oxygen atoms in total. The first-order chi connectivity index (χ1) is 8.72. The van der Waals surface area contributed by atoms with Gasteiger partial charge in [0.25, 0.3) is 0 Å². The van der Waals surface area contributed by atoms with E-state index in [1.54, 1.807) is 0 Å². The van der Waals surface area contributed by atoms with Gasteiger partial charge in [0, 0.05) is 25.1 Å². The molecule has 2 heterocycles. The maximum atomic E-state index is 4.66. The summed E-state index contributed by atoms with van der Waals surface area (Å²) < 4.78 is 2.02. The predicted molar refractivity (Wildman–Crippen MR) is 73.9 cm³/mol. The second kappa shape index (κ2) is 4.92. The van der Waals surface area contributed by atoms with Crippen molar-refractivity contribution in [2.45, 2.75) is 44.1 Å². The molecule has 3 rings (SSSR count). The number of hydrogen-bond donors (Lipinski definition) is 1. The number of nitrogens with one attached hydrogen (secondary N) is 1. The number of aryl methyl sites for hydroxylation is 1. The number of piperidine rings is 1. The van der Waals surface area contributed by atoms with E-state index in [9.17, 15) is 0 Å². The molecule has 0 spiro atoms. The maximum absolute atomic E-state index is 4.66. The zero-order valence-electron chi connectivity index (χ0n) is 11.5. The summed E-state index contributed by atoms with van der Waals surface area (Å²) in [4.78, 5) is 2.40. The van der Waals surface area contributed by atoms with Crippen molar-refractivity contribution in [2.24, 2.45) is 7.05 Å². The highest BCUT2D eigenvalue weighted by Crippen LogP contribution is 2.36. The van der Waals surface area contributed by atoms with Crippen LogP contribution in [0, 0.1) is 0 Å². The molecular weight excluding hydrogens is 224 g/mol. The van der Waals surface area contributed by atoms with Crippen LogP contribution in [0.3, 0.4) is 0 Å². The Hall–Kier alpha value is -1.03. The summed E-state index contributed by atoms with van der Waals surface area (Å²) in [6.45, 7) is 2.40. The second-order valence-corrected chi connectivity index (χ2v) is 5.93. The summed E-state index contributed by atoms with van der Waals surface area (Å²) in [7, 11) is 4.26. The third-order valence-electron chi connectivity index (χ3n) is 4.49. The summed E-state index contributed by atoms with van der Waals surface area (Å²) in [5, 5.41) is 8.32. The molecule has 1 N–H and O–H groups in total. The van der Waals surface area contributed by atoms with E-state index in [0.29, 0.717) is 6.04 Å². The van der Waals surface area contributed by atoms with Crippen molar-refractivity contribution in [3.63, 3.8) is 0 Å². The van der Waals surface area contributed by atoms with Gasteiger partial charge in [-0.25, -0.2) is 0 Å². The van der Waals surface area contributed by atoms with Crippen LogP contribution in [0.5, 0.6) is 0 Å². The lowest BCUT2D eigenvalue weighted by Crippen LogP contribution is -2.37. The Kier molecular flexibility index (Phi) is 3.29. The molecule has 0 atom stereocenters. The quantitative estimate of drug-likeness (QED) is 0.890. The van der Waals surface area contributed by atoms with Crippen molar-refractivity contribution in [3.8, 4) is 0 Å². The summed E-state index contributed by atoms with van der Waals surface area (Å²) in [6, 6.07) is 2.88. The molecule has 100 valence electrons. The largest absolute Gasteiger partial charge is 0.367 e. The van der Waals surface area contributed by atoms with E-state index in [1.165, 1.54) is 56.7 Å². The zero-order chi connectivity index (χ0) is 12.5. The van der Waals surface area contributed by atoms with Gasteiger partial charge >= 0.3 is 0 Å². The minimum absolute atomic E-state index is 0.617. The summed E-state index contributed by atoms with van der Waals surface area (Å²) in [6.07, 6.45) is 6.50. The predicted octanol–water partition coefficient (Wildman–Crippen LogP) is 2.19. The van der Waals surface area contributed by atoms with Crippen LogP contribution in [0.4, 0.5) is 5.82 Å². The van der Waals surface area contributed by atoms with Crippen molar-refractivity contribution >= 4 is 5.82 Å². The Morgan fingerprint density at radius 3 is 2.50 bits per heavy atom. The molecule has 2 aliphatic rings. The molecule has 2 fully saturated rings. The average molecular weight is 248 g/mol. The SMILES string of the molecule is CN1CCC(Nc2cc(C3CCC3)nn2C)CC1. The standard InChI is InChI=1S/C14H24N4/c1-17-8-6-12(7-9-17)15-14-10-13(16-18(14)2)11-4-3-5-11/h10-12,15H,3-9H2,1-2H3. The lowest BCUT2D eigenvalue weighted by molar-refractivity contribution is 0.263. The zero-order valence-corrected chi connectivity index (χ0v) is 11.5.